The van der Waals surface area contributed by atoms with Crippen LogP contribution in [0.2, 0.25) is 0 Å². The van der Waals surface area contributed by atoms with E-state index in [1.54, 1.807) is 0 Å². The quantitative estimate of drug-likeness (QED) is 0.923. The van der Waals surface area contributed by atoms with Gasteiger partial charge < -0.3 is 14.8 Å². The molecular weight excluding hydrogens is 254 g/mol. The molecule has 1 saturated heterocycles. The van der Waals surface area contributed by atoms with Crippen LogP contribution in [-0.4, -0.2) is 30.9 Å². The zero-order valence-corrected chi connectivity index (χ0v) is 12.9. The van der Waals surface area contributed by atoms with Gasteiger partial charge >= 0.3 is 0 Å². The number of hydrogen-bond acceptors (Lipinski definition) is 3. The van der Waals surface area contributed by atoms with Gasteiger partial charge in [-0.15, -0.1) is 0 Å². The summed E-state index contributed by atoms with van der Waals surface area (Å²) >= 11 is 0. The number of amides is 1. The summed E-state index contributed by atoms with van der Waals surface area (Å²) in [5, 5.41) is 2.94. The minimum atomic E-state index is -0.551. The van der Waals surface area contributed by atoms with E-state index in [-0.39, 0.29) is 12.0 Å². The average Bonchev–Trinajstić information content (AvgIpc) is 2.65. The molecule has 1 fully saturated rings. The molecule has 1 amide bonds. The van der Waals surface area contributed by atoms with Gasteiger partial charge in [-0.05, 0) is 45.7 Å². The van der Waals surface area contributed by atoms with E-state index in [0.717, 1.165) is 16.7 Å². The van der Waals surface area contributed by atoms with E-state index in [9.17, 15) is 4.79 Å². The Labute approximate surface area is 120 Å². The van der Waals surface area contributed by atoms with Gasteiger partial charge in [-0.3, -0.25) is 4.79 Å². The van der Waals surface area contributed by atoms with E-state index in [1.165, 1.54) is 5.56 Å². The maximum absolute atomic E-state index is 12.3. The highest BCUT2D eigenvalue weighted by Gasteiger charge is 2.32. The van der Waals surface area contributed by atoms with E-state index in [0.29, 0.717) is 13.2 Å². The number of benzene rings is 1. The van der Waals surface area contributed by atoms with Gasteiger partial charge in [0.1, 0.15) is 6.10 Å². The minimum absolute atomic E-state index is 0.0479. The van der Waals surface area contributed by atoms with Crippen LogP contribution in [0.25, 0.3) is 0 Å². The fourth-order valence-electron chi connectivity index (χ4n) is 2.70. The molecule has 1 N–H and O–H groups in total. The lowest BCUT2D eigenvalue weighted by atomic mass is 9.99. The number of rotatable bonds is 3. The van der Waals surface area contributed by atoms with E-state index in [4.69, 9.17) is 9.47 Å². The molecule has 0 radical (unpaired) electrons. The fourth-order valence-corrected chi connectivity index (χ4v) is 2.70. The van der Waals surface area contributed by atoms with Crippen LogP contribution in [0.1, 0.15) is 40.9 Å². The Kier molecular flexibility index (Phi) is 4.16. The van der Waals surface area contributed by atoms with Crippen LogP contribution in [0, 0.1) is 20.8 Å². The Morgan fingerprint density at radius 1 is 1.30 bits per heavy atom. The van der Waals surface area contributed by atoms with Crippen molar-refractivity contribution in [2.75, 3.05) is 13.2 Å². The summed E-state index contributed by atoms with van der Waals surface area (Å²) < 4.78 is 11.2. The highest BCUT2D eigenvalue weighted by atomic mass is 16.7. The van der Waals surface area contributed by atoms with Crippen molar-refractivity contribution in [2.24, 2.45) is 0 Å². The van der Waals surface area contributed by atoms with Crippen molar-refractivity contribution in [2.45, 2.75) is 46.5 Å². The third-order valence-corrected chi connectivity index (χ3v) is 3.46. The second-order valence-electron chi connectivity index (χ2n) is 5.93. The molecule has 0 saturated carbocycles. The predicted octanol–water partition coefficient (Wildman–Crippen LogP) is 2.49. The molecule has 0 bridgehead atoms. The minimum Gasteiger partial charge on any atom is -0.349 e. The second-order valence-corrected chi connectivity index (χ2v) is 5.93. The van der Waals surface area contributed by atoms with Gasteiger partial charge in [0.15, 0.2) is 5.79 Å². The number of ether oxygens (including phenoxy) is 2. The standard InChI is InChI=1S/C16H23NO3/c1-10-6-11(2)14(12(3)7-10)15(18)17-8-13-9-19-16(4,5)20-13/h6-7,13H,8-9H2,1-5H3,(H,17,18). The molecule has 1 aromatic carbocycles. The lowest BCUT2D eigenvalue weighted by molar-refractivity contribution is -0.137. The fraction of sp³-hybridized carbons (Fsp3) is 0.562. The van der Waals surface area contributed by atoms with E-state index in [1.807, 2.05) is 46.8 Å². The van der Waals surface area contributed by atoms with Gasteiger partial charge in [0.2, 0.25) is 0 Å². The largest absolute Gasteiger partial charge is 0.349 e. The van der Waals surface area contributed by atoms with E-state index >= 15 is 0 Å². The Hall–Kier alpha value is -1.39. The number of aryl methyl sites for hydroxylation is 3. The van der Waals surface area contributed by atoms with Crippen LogP contribution < -0.4 is 5.32 Å². The summed E-state index contributed by atoms with van der Waals surface area (Å²) in [4.78, 5) is 12.3. The molecule has 20 heavy (non-hydrogen) atoms. The van der Waals surface area contributed by atoms with Crippen LogP contribution in [0.15, 0.2) is 12.1 Å². The smallest absolute Gasteiger partial charge is 0.251 e. The molecule has 0 aromatic heterocycles. The molecule has 4 nitrogen and oxygen atoms in total. The third kappa shape index (κ3) is 3.38. The SMILES string of the molecule is Cc1cc(C)c(C(=O)NCC2COC(C)(C)O2)c(C)c1. The average molecular weight is 277 g/mol. The highest BCUT2D eigenvalue weighted by molar-refractivity contribution is 5.97. The van der Waals surface area contributed by atoms with Crippen LogP contribution in [0.4, 0.5) is 0 Å². The first-order valence-electron chi connectivity index (χ1n) is 6.96. The van der Waals surface area contributed by atoms with Crippen LogP contribution in [-0.2, 0) is 9.47 Å². The Morgan fingerprint density at radius 2 is 1.90 bits per heavy atom. The molecule has 1 aliphatic rings. The van der Waals surface area contributed by atoms with Gasteiger partial charge in [0, 0.05) is 12.1 Å². The van der Waals surface area contributed by atoms with E-state index in [2.05, 4.69) is 5.32 Å². The lowest BCUT2D eigenvalue weighted by Crippen LogP contribution is -2.35. The zero-order valence-electron chi connectivity index (χ0n) is 12.9. The van der Waals surface area contributed by atoms with Crippen molar-refractivity contribution in [3.05, 3.63) is 34.4 Å². The van der Waals surface area contributed by atoms with Gasteiger partial charge in [-0.25, -0.2) is 0 Å². The maximum Gasteiger partial charge on any atom is 0.251 e. The molecule has 1 heterocycles. The van der Waals surface area contributed by atoms with Crippen molar-refractivity contribution in [3.8, 4) is 0 Å². The monoisotopic (exact) mass is 277 g/mol. The molecule has 4 heteroatoms. The summed E-state index contributed by atoms with van der Waals surface area (Å²) in [6.07, 6.45) is -0.0833. The molecular formula is C16H23NO3. The molecule has 0 spiro atoms. The van der Waals surface area contributed by atoms with Crippen molar-refractivity contribution in [1.29, 1.82) is 0 Å². The summed E-state index contributed by atoms with van der Waals surface area (Å²) in [7, 11) is 0. The molecule has 1 aromatic rings. The van der Waals surface area contributed by atoms with Crippen LogP contribution in [0.5, 0.6) is 0 Å². The predicted molar refractivity (Wildman–Crippen MR) is 77.9 cm³/mol. The molecule has 110 valence electrons. The van der Waals surface area contributed by atoms with Gasteiger partial charge in [0.25, 0.3) is 5.91 Å². The Balaban J connectivity index is 2.00. The van der Waals surface area contributed by atoms with Crippen molar-refractivity contribution >= 4 is 5.91 Å². The van der Waals surface area contributed by atoms with Crippen LogP contribution >= 0.6 is 0 Å². The molecule has 1 atom stereocenters. The van der Waals surface area contributed by atoms with Crippen LogP contribution in [0.3, 0.4) is 0 Å². The van der Waals surface area contributed by atoms with Gasteiger partial charge in [0.05, 0.1) is 6.61 Å². The van der Waals surface area contributed by atoms with Crippen molar-refractivity contribution in [3.63, 3.8) is 0 Å². The summed E-state index contributed by atoms with van der Waals surface area (Å²) in [5.74, 6) is -0.598. The topological polar surface area (TPSA) is 47.6 Å². The molecule has 1 unspecified atom stereocenters. The number of hydrogen-bond donors (Lipinski definition) is 1. The van der Waals surface area contributed by atoms with Gasteiger partial charge in [-0.2, -0.15) is 0 Å². The number of carbonyl (C=O) groups is 1. The molecule has 2 rings (SSSR count). The Bertz CT molecular complexity index is 499. The van der Waals surface area contributed by atoms with Gasteiger partial charge in [-0.1, -0.05) is 17.7 Å². The highest BCUT2D eigenvalue weighted by Crippen LogP contribution is 2.22. The normalized spacial score (nSPS) is 20.9. The maximum atomic E-state index is 12.3. The third-order valence-electron chi connectivity index (χ3n) is 3.46. The molecule has 1 aliphatic heterocycles. The van der Waals surface area contributed by atoms with E-state index < -0.39 is 5.79 Å². The summed E-state index contributed by atoms with van der Waals surface area (Å²) in [6, 6.07) is 4.06. The van der Waals surface area contributed by atoms with Crippen molar-refractivity contribution < 1.29 is 14.3 Å². The first-order chi connectivity index (χ1) is 9.28. The number of carbonyl (C=O) groups excluding carboxylic acids is 1. The lowest BCUT2D eigenvalue weighted by Gasteiger charge is -2.18. The van der Waals surface area contributed by atoms with Crippen molar-refractivity contribution in [1.82, 2.24) is 5.32 Å². The second kappa shape index (κ2) is 5.54. The first kappa shape index (κ1) is 15.0. The Morgan fingerprint density at radius 3 is 2.40 bits per heavy atom. The summed E-state index contributed by atoms with van der Waals surface area (Å²) in [5.41, 5.74) is 3.94. The first-order valence-corrected chi connectivity index (χ1v) is 6.96. The molecule has 0 aliphatic carbocycles. The number of nitrogens with one attached hydrogen (secondary N) is 1. The summed E-state index contributed by atoms with van der Waals surface area (Å²) in [6.45, 7) is 10.7. The zero-order chi connectivity index (χ0) is 14.9.